The Morgan fingerprint density at radius 3 is 2.50 bits per heavy atom. The molecule has 90 valence electrons. The first kappa shape index (κ1) is 12.5. The lowest BCUT2D eigenvalue weighted by atomic mass is 10.5. The predicted octanol–water partition coefficient (Wildman–Crippen LogP) is -0.895. The van der Waals surface area contributed by atoms with Crippen LogP contribution in [0.1, 0.15) is 6.92 Å². The third-order valence-corrected chi connectivity index (χ3v) is 2.38. The van der Waals surface area contributed by atoms with E-state index >= 15 is 0 Å². The van der Waals surface area contributed by atoms with Crippen molar-refractivity contribution in [3.05, 3.63) is 26.9 Å². The zero-order valence-corrected chi connectivity index (χ0v) is 9.91. The first-order valence-electron chi connectivity index (χ1n) is 5.29. The van der Waals surface area contributed by atoms with E-state index in [2.05, 4.69) is 10.6 Å². The molecular formula is C10H18N4O2. The van der Waals surface area contributed by atoms with Gasteiger partial charge in [0.1, 0.15) is 5.82 Å². The Morgan fingerprint density at radius 2 is 1.88 bits per heavy atom. The minimum absolute atomic E-state index is 0.297. The van der Waals surface area contributed by atoms with E-state index < -0.39 is 0 Å². The van der Waals surface area contributed by atoms with Crippen molar-refractivity contribution in [1.82, 2.24) is 14.5 Å². The summed E-state index contributed by atoms with van der Waals surface area (Å²) in [5, 5.41) is 6.19. The van der Waals surface area contributed by atoms with E-state index in [1.54, 1.807) is 7.05 Å². The summed E-state index contributed by atoms with van der Waals surface area (Å²) in [6.07, 6.45) is 0. The molecule has 0 aromatic carbocycles. The van der Waals surface area contributed by atoms with Crippen LogP contribution in [-0.4, -0.2) is 28.8 Å². The number of hydrogen-bond donors (Lipinski definition) is 2. The van der Waals surface area contributed by atoms with Crippen molar-refractivity contribution in [2.24, 2.45) is 14.1 Å². The van der Waals surface area contributed by atoms with Crippen LogP contribution in [0.4, 0.5) is 5.82 Å². The largest absolute Gasteiger partial charge is 0.370 e. The average Bonchev–Trinajstić information content (AvgIpc) is 2.28. The van der Waals surface area contributed by atoms with Gasteiger partial charge in [-0.3, -0.25) is 13.9 Å². The molecule has 1 heterocycles. The van der Waals surface area contributed by atoms with Crippen LogP contribution in [-0.2, 0) is 14.1 Å². The van der Waals surface area contributed by atoms with Crippen molar-refractivity contribution in [3.63, 3.8) is 0 Å². The molecule has 0 saturated carbocycles. The fraction of sp³-hybridized carbons (Fsp3) is 0.600. The van der Waals surface area contributed by atoms with Crippen molar-refractivity contribution in [2.45, 2.75) is 6.92 Å². The number of hydrogen-bond acceptors (Lipinski definition) is 4. The predicted molar refractivity (Wildman–Crippen MR) is 64.0 cm³/mol. The molecule has 0 aliphatic heterocycles. The SMILES string of the molecule is CCNCCNc1cc(=O)n(C)c(=O)n1C. The summed E-state index contributed by atoms with van der Waals surface area (Å²) < 4.78 is 2.50. The molecule has 1 rings (SSSR count). The van der Waals surface area contributed by atoms with Crippen molar-refractivity contribution >= 4 is 5.82 Å². The molecule has 0 fully saturated rings. The number of likely N-dealkylation sites (N-methyl/N-ethyl adjacent to an activating group) is 1. The van der Waals surface area contributed by atoms with Gasteiger partial charge in [0.25, 0.3) is 5.56 Å². The molecule has 1 aromatic rings. The van der Waals surface area contributed by atoms with Gasteiger partial charge in [0.15, 0.2) is 0 Å². The first-order valence-corrected chi connectivity index (χ1v) is 5.29. The second-order valence-corrected chi connectivity index (χ2v) is 3.55. The van der Waals surface area contributed by atoms with E-state index in [9.17, 15) is 9.59 Å². The van der Waals surface area contributed by atoms with E-state index in [1.807, 2.05) is 6.92 Å². The molecule has 6 heteroatoms. The summed E-state index contributed by atoms with van der Waals surface area (Å²) in [6.45, 7) is 4.39. The Labute approximate surface area is 93.9 Å². The normalized spacial score (nSPS) is 10.4. The van der Waals surface area contributed by atoms with Gasteiger partial charge in [-0.1, -0.05) is 6.92 Å². The number of nitrogens with one attached hydrogen (secondary N) is 2. The second kappa shape index (κ2) is 5.50. The molecule has 0 saturated heterocycles. The molecule has 0 amide bonds. The minimum atomic E-state index is -0.321. The Hall–Kier alpha value is -1.56. The summed E-state index contributed by atoms with van der Waals surface area (Å²) in [5.74, 6) is 0.547. The Morgan fingerprint density at radius 1 is 1.19 bits per heavy atom. The van der Waals surface area contributed by atoms with Crippen molar-refractivity contribution < 1.29 is 0 Å². The maximum absolute atomic E-state index is 11.6. The van der Waals surface area contributed by atoms with Gasteiger partial charge >= 0.3 is 5.69 Å². The van der Waals surface area contributed by atoms with Crippen LogP contribution in [0.3, 0.4) is 0 Å². The molecule has 0 unspecified atom stereocenters. The quantitative estimate of drug-likeness (QED) is 0.639. The molecule has 1 aromatic heterocycles. The summed E-state index contributed by atoms with van der Waals surface area (Å²) in [4.78, 5) is 23.0. The van der Waals surface area contributed by atoms with Crippen LogP contribution < -0.4 is 21.9 Å². The van der Waals surface area contributed by atoms with Gasteiger partial charge in [0.05, 0.1) is 0 Å². The van der Waals surface area contributed by atoms with Gasteiger partial charge in [-0.2, -0.15) is 0 Å². The topological polar surface area (TPSA) is 68.1 Å². The van der Waals surface area contributed by atoms with Crippen LogP contribution in [0, 0.1) is 0 Å². The fourth-order valence-corrected chi connectivity index (χ4v) is 1.36. The maximum atomic E-state index is 11.6. The average molecular weight is 226 g/mol. The molecule has 0 radical (unpaired) electrons. The summed E-state index contributed by atoms with van der Waals surface area (Å²) in [5.41, 5.74) is -0.618. The molecule has 16 heavy (non-hydrogen) atoms. The molecule has 0 atom stereocenters. The van der Waals surface area contributed by atoms with Crippen LogP contribution >= 0.6 is 0 Å². The Bertz CT molecular complexity index is 461. The third kappa shape index (κ3) is 2.73. The number of nitrogens with zero attached hydrogens (tertiary/aromatic N) is 2. The van der Waals surface area contributed by atoms with Crippen LogP contribution in [0.25, 0.3) is 0 Å². The number of rotatable bonds is 5. The van der Waals surface area contributed by atoms with Gasteiger partial charge in [0.2, 0.25) is 0 Å². The van der Waals surface area contributed by atoms with E-state index in [0.29, 0.717) is 12.4 Å². The van der Waals surface area contributed by atoms with E-state index in [-0.39, 0.29) is 11.2 Å². The molecule has 0 spiro atoms. The molecule has 0 bridgehead atoms. The van der Waals surface area contributed by atoms with E-state index in [0.717, 1.165) is 17.7 Å². The third-order valence-electron chi connectivity index (χ3n) is 2.38. The highest BCUT2D eigenvalue weighted by Gasteiger charge is 2.04. The highest BCUT2D eigenvalue weighted by atomic mass is 16.2. The van der Waals surface area contributed by atoms with E-state index in [1.165, 1.54) is 17.7 Å². The Balaban J connectivity index is 2.82. The molecule has 0 aliphatic rings. The summed E-state index contributed by atoms with van der Waals surface area (Å²) >= 11 is 0. The molecule has 6 nitrogen and oxygen atoms in total. The van der Waals surface area contributed by atoms with Gasteiger partial charge < -0.3 is 10.6 Å². The van der Waals surface area contributed by atoms with Gasteiger partial charge in [0, 0.05) is 33.3 Å². The monoisotopic (exact) mass is 226 g/mol. The van der Waals surface area contributed by atoms with Crippen molar-refractivity contribution in [2.75, 3.05) is 25.0 Å². The summed E-state index contributed by atoms with van der Waals surface area (Å²) in [6, 6.07) is 1.42. The van der Waals surface area contributed by atoms with Crippen molar-refractivity contribution in [3.8, 4) is 0 Å². The molecular weight excluding hydrogens is 208 g/mol. The number of anilines is 1. The standard InChI is InChI=1S/C10H18N4O2/c1-4-11-5-6-12-8-7-9(15)14(3)10(16)13(8)2/h7,11-12H,4-6H2,1-3H3. The lowest BCUT2D eigenvalue weighted by molar-refractivity contribution is 0.682. The second-order valence-electron chi connectivity index (χ2n) is 3.55. The fourth-order valence-electron chi connectivity index (χ4n) is 1.36. The van der Waals surface area contributed by atoms with Crippen molar-refractivity contribution in [1.29, 1.82) is 0 Å². The zero-order chi connectivity index (χ0) is 12.1. The van der Waals surface area contributed by atoms with Crippen LogP contribution in [0.15, 0.2) is 15.7 Å². The van der Waals surface area contributed by atoms with E-state index in [4.69, 9.17) is 0 Å². The van der Waals surface area contributed by atoms with Crippen LogP contribution in [0.2, 0.25) is 0 Å². The lowest BCUT2D eigenvalue weighted by Crippen LogP contribution is -2.38. The number of aromatic nitrogens is 2. The molecule has 0 aliphatic carbocycles. The highest BCUT2D eigenvalue weighted by molar-refractivity contribution is 5.33. The first-order chi connectivity index (χ1) is 7.57. The van der Waals surface area contributed by atoms with Gasteiger partial charge in [-0.25, -0.2) is 4.79 Å². The van der Waals surface area contributed by atoms with Gasteiger partial charge in [-0.15, -0.1) is 0 Å². The maximum Gasteiger partial charge on any atom is 0.332 e. The minimum Gasteiger partial charge on any atom is -0.370 e. The smallest absolute Gasteiger partial charge is 0.332 e. The Kier molecular flexibility index (Phi) is 4.30. The highest BCUT2D eigenvalue weighted by Crippen LogP contribution is 1.96. The lowest BCUT2D eigenvalue weighted by Gasteiger charge is -2.11. The zero-order valence-electron chi connectivity index (χ0n) is 9.91. The summed E-state index contributed by atoms with van der Waals surface area (Å²) in [7, 11) is 3.10. The van der Waals surface area contributed by atoms with Crippen LogP contribution in [0.5, 0.6) is 0 Å². The molecule has 2 N–H and O–H groups in total. The van der Waals surface area contributed by atoms with Gasteiger partial charge in [-0.05, 0) is 6.54 Å².